The number of fused-ring (bicyclic) bond motifs is 1. The molecule has 4 rings (SSSR count). The molecule has 28 heavy (non-hydrogen) atoms. The Balaban J connectivity index is 1.56. The Kier molecular flexibility index (Phi) is 4.99. The fraction of sp³-hybridized carbons (Fsp3) is 0.500. The number of carbonyl (C=O) groups excluding carboxylic acids is 4. The first-order valence-corrected chi connectivity index (χ1v) is 9.81. The Labute approximate surface area is 163 Å². The lowest BCUT2D eigenvalue weighted by Crippen LogP contribution is -2.54. The summed E-state index contributed by atoms with van der Waals surface area (Å²) in [6, 6.07) is 5.01. The quantitative estimate of drug-likeness (QED) is 0.631. The first kappa shape index (κ1) is 18.8. The molecule has 2 fully saturated rings. The second-order valence-corrected chi connectivity index (χ2v) is 7.53. The van der Waals surface area contributed by atoms with Gasteiger partial charge in [0.05, 0.1) is 11.1 Å². The third-order valence-corrected chi connectivity index (χ3v) is 5.90. The summed E-state index contributed by atoms with van der Waals surface area (Å²) in [5.41, 5.74) is 1.45. The topological polar surface area (TPSA) is 108 Å². The summed E-state index contributed by atoms with van der Waals surface area (Å²) in [6.07, 6.45) is 2.31. The fourth-order valence-electron chi connectivity index (χ4n) is 4.41. The van der Waals surface area contributed by atoms with Crippen LogP contribution < -0.4 is 16.0 Å². The predicted octanol–water partition coefficient (Wildman–Crippen LogP) is 0.318. The Morgan fingerprint density at radius 1 is 1.14 bits per heavy atom. The molecule has 1 unspecified atom stereocenters. The number of nitrogens with zero attached hydrogens (tertiary/aromatic N) is 1. The van der Waals surface area contributed by atoms with E-state index < -0.39 is 23.8 Å². The van der Waals surface area contributed by atoms with Crippen LogP contribution in [0, 0.1) is 0 Å². The molecular formula is C20H24N4O4. The maximum Gasteiger partial charge on any atom is 0.262 e. The van der Waals surface area contributed by atoms with E-state index in [1.54, 1.807) is 12.1 Å². The lowest BCUT2D eigenvalue weighted by Gasteiger charge is -2.27. The van der Waals surface area contributed by atoms with Crippen molar-refractivity contribution in [2.75, 3.05) is 6.54 Å². The summed E-state index contributed by atoms with van der Waals surface area (Å²) < 4.78 is 0. The number of nitrogens with one attached hydrogen (secondary N) is 3. The third kappa shape index (κ3) is 3.12. The number of hydrogen-bond donors (Lipinski definition) is 3. The molecule has 0 aromatic heterocycles. The summed E-state index contributed by atoms with van der Waals surface area (Å²) in [5.74, 6) is -1.89. The van der Waals surface area contributed by atoms with E-state index in [1.165, 1.54) is 0 Å². The Bertz CT molecular complexity index is 853. The van der Waals surface area contributed by atoms with Gasteiger partial charge in [-0.15, -0.1) is 0 Å². The molecule has 8 heteroatoms. The molecule has 0 bridgehead atoms. The highest BCUT2D eigenvalue weighted by Gasteiger charge is 2.45. The lowest BCUT2D eigenvalue weighted by atomic mass is 10.0. The van der Waals surface area contributed by atoms with Gasteiger partial charge in [-0.3, -0.25) is 29.4 Å². The molecule has 148 valence electrons. The maximum atomic E-state index is 13.1. The molecule has 3 atom stereocenters. The molecule has 3 N–H and O–H groups in total. The highest BCUT2D eigenvalue weighted by Crippen LogP contribution is 2.30. The van der Waals surface area contributed by atoms with E-state index in [0.29, 0.717) is 29.8 Å². The van der Waals surface area contributed by atoms with Crippen molar-refractivity contribution in [3.05, 3.63) is 34.9 Å². The molecule has 0 spiro atoms. The van der Waals surface area contributed by atoms with E-state index in [0.717, 1.165) is 29.8 Å². The summed E-state index contributed by atoms with van der Waals surface area (Å²) in [4.78, 5) is 50.5. The molecule has 8 nitrogen and oxygen atoms in total. The zero-order valence-electron chi connectivity index (χ0n) is 15.8. The number of carbonyl (C=O) groups is 4. The lowest BCUT2D eigenvalue weighted by molar-refractivity contribution is -0.136. The number of imide groups is 2. The Morgan fingerprint density at radius 3 is 2.71 bits per heavy atom. The molecular weight excluding hydrogens is 360 g/mol. The van der Waals surface area contributed by atoms with Crippen molar-refractivity contribution in [3.63, 3.8) is 0 Å². The van der Waals surface area contributed by atoms with Gasteiger partial charge in [-0.05, 0) is 37.4 Å². The molecule has 0 saturated carbocycles. The minimum absolute atomic E-state index is 0.116. The van der Waals surface area contributed by atoms with Crippen LogP contribution in [-0.2, 0) is 16.1 Å². The average Bonchev–Trinajstić information content (AvgIpc) is 3.24. The molecule has 1 aromatic rings. The van der Waals surface area contributed by atoms with Crippen LogP contribution in [-0.4, -0.2) is 53.2 Å². The third-order valence-electron chi connectivity index (χ3n) is 5.90. The van der Waals surface area contributed by atoms with Gasteiger partial charge in [0.1, 0.15) is 6.04 Å². The minimum Gasteiger partial charge on any atom is -0.312 e. The van der Waals surface area contributed by atoms with Gasteiger partial charge in [-0.1, -0.05) is 19.1 Å². The van der Waals surface area contributed by atoms with Crippen LogP contribution in [0.1, 0.15) is 58.9 Å². The fourth-order valence-corrected chi connectivity index (χ4v) is 4.41. The van der Waals surface area contributed by atoms with E-state index >= 15 is 0 Å². The first-order valence-electron chi connectivity index (χ1n) is 9.81. The molecule has 3 aliphatic rings. The second kappa shape index (κ2) is 7.44. The van der Waals surface area contributed by atoms with E-state index in [1.807, 2.05) is 6.07 Å². The van der Waals surface area contributed by atoms with Crippen LogP contribution in [0.5, 0.6) is 0 Å². The van der Waals surface area contributed by atoms with Gasteiger partial charge in [0.15, 0.2) is 0 Å². The van der Waals surface area contributed by atoms with Gasteiger partial charge in [0.25, 0.3) is 11.8 Å². The molecule has 0 aliphatic carbocycles. The van der Waals surface area contributed by atoms with Gasteiger partial charge in [-0.2, -0.15) is 0 Å². The van der Waals surface area contributed by atoms with Crippen molar-refractivity contribution in [3.8, 4) is 0 Å². The number of hydrogen-bond acceptors (Lipinski definition) is 6. The van der Waals surface area contributed by atoms with Crippen molar-refractivity contribution in [2.45, 2.75) is 57.3 Å². The number of benzene rings is 1. The van der Waals surface area contributed by atoms with Gasteiger partial charge < -0.3 is 10.6 Å². The summed E-state index contributed by atoms with van der Waals surface area (Å²) in [6.45, 7) is 3.58. The van der Waals surface area contributed by atoms with Crippen molar-refractivity contribution < 1.29 is 19.2 Å². The first-order chi connectivity index (χ1) is 13.5. The largest absolute Gasteiger partial charge is 0.312 e. The van der Waals surface area contributed by atoms with Crippen LogP contribution >= 0.6 is 0 Å². The normalized spacial score (nSPS) is 27.3. The smallest absolute Gasteiger partial charge is 0.262 e. The highest BCUT2D eigenvalue weighted by atomic mass is 16.2. The molecule has 0 radical (unpaired) electrons. The van der Waals surface area contributed by atoms with Gasteiger partial charge in [-0.25, -0.2) is 0 Å². The van der Waals surface area contributed by atoms with E-state index in [-0.39, 0.29) is 18.7 Å². The second-order valence-electron chi connectivity index (χ2n) is 7.53. The van der Waals surface area contributed by atoms with E-state index in [9.17, 15) is 19.2 Å². The van der Waals surface area contributed by atoms with E-state index in [2.05, 4.69) is 22.9 Å². The highest BCUT2D eigenvalue weighted by molar-refractivity contribution is 6.24. The summed E-state index contributed by atoms with van der Waals surface area (Å²) in [5, 5.41) is 9.18. The van der Waals surface area contributed by atoms with Crippen LogP contribution in [0.15, 0.2) is 18.2 Å². The molecule has 3 heterocycles. The van der Waals surface area contributed by atoms with Crippen LogP contribution in [0.4, 0.5) is 0 Å². The van der Waals surface area contributed by atoms with Crippen molar-refractivity contribution in [1.82, 2.24) is 20.9 Å². The van der Waals surface area contributed by atoms with Crippen LogP contribution in [0.25, 0.3) is 0 Å². The minimum atomic E-state index is -0.936. The number of rotatable bonds is 5. The van der Waals surface area contributed by atoms with Crippen molar-refractivity contribution >= 4 is 23.6 Å². The summed E-state index contributed by atoms with van der Waals surface area (Å²) in [7, 11) is 0. The average molecular weight is 384 g/mol. The van der Waals surface area contributed by atoms with Gasteiger partial charge in [0, 0.05) is 25.0 Å². The molecule has 2 saturated heterocycles. The standard InChI is InChI=1S/C20H24N4O4/c1-2-13-14(8-9-21-13)22-10-11-4-3-5-12-17(11)20(28)24(19(12)27)15-6-7-16(25)23-18(15)26/h3-5,13-15,21-22H,2,6-10H2,1H3,(H,23,25,26)/t13-,14+,15?/m0/s1. The molecule has 1 aromatic carbocycles. The van der Waals surface area contributed by atoms with Crippen molar-refractivity contribution in [1.29, 1.82) is 0 Å². The zero-order valence-corrected chi connectivity index (χ0v) is 15.8. The monoisotopic (exact) mass is 384 g/mol. The molecule has 3 aliphatic heterocycles. The van der Waals surface area contributed by atoms with E-state index in [4.69, 9.17) is 0 Å². The van der Waals surface area contributed by atoms with Crippen LogP contribution in [0.2, 0.25) is 0 Å². The molecule has 4 amide bonds. The Hall–Kier alpha value is -2.58. The Morgan fingerprint density at radius 2 is 1.96 bits per heavy atom. The zero-order chi connectivity index (χ0) is 19.8. The number of amides is 4. The van der Waals surface area contributed by atoms with Crippen molar-refractivity contribution in [2.24, 2.45) is 0 Å². The maximum absolute atomic E-state index is 13.1. The summed E-state index contributed by atoms with van der Waals surface area (Å²) >= 11 is 0. The van der Waals surface area contributed by atoms with Gasteiger partial charge in [0.2, 0.25) is 11.8 Å². The number of piperidine rings is 1. The predicted molar refractivity (Wildman–Crippen MR) is 100 cm³/mol. The van der Waals surface area contributed by atoms with Crippen LogP contribution in [0.3, 0.4) is 0 Å². The SMILES string of the molecule is CC[C@@H]1NCC[C@H]1NCc1cccc2c1C(=O)N(C1CCC(=O)NC1=O)C2=O. The van der Waals surface area contributed by atoms with Gasteiger partial charge >= 0.3 is 0 Å².